The second-order valence-corrected chi connectivity index (χ2v) is 10.8. The molecule has 35 heavy (non-hydrogen) atoms. The van der Waals surface area contributed by atoms with Gasteiger partial charge in [-0.05, 0) is 57.2 Å². The molecule has 0 spiro atoms. The summed E-state index contributed by atoms with van der Waals surface area (Å²) in [6, 6.07) is 3.71. The third kappa shape index (κ3) is 5.23. The SMILES string of the molecule is CC(C)Cc1c(C(=O)N2CCC2)c(Cl)cc2c1ccn2-c1ncnc(NC(=O)OC(C)(C)C)c1Cl. The Morgan fingerprint density at radius 1 is 1.20 bits per heavy atom. The molecule has 0 bridgehead atoms. The fourth-order valence-corrected chi connectivity index (χ4v) is 4.58. The van der Waals surface area contributed by atoms with E-state index in [0.717, 1.165) is 36.0 Å². The highest BCUT2D eigenvalue weighted by atomic mass is 35.5. The van der Waals surface area contributed by atoms with E-state index in [0.29, 0.717) is 28.7 Å². The number of aromatic nitrogens is 3. The number of benzene rings is 1. The van der Waals surface area contributed by atoms with Gasteiger partial charge in [-0.2, -0.15) is 0 Å². The molecule has 2 aromatic heterocycles. The van der Waals surface area contributed by atoms with Gasteiger partial charge in [0.1, 0.15) is 17.0 Å². The van der Waals surface area contributed by atoms with E-state index in [1.807, 2.05) is 17.2 Å². The van der Waals surface area contributed by atoms with Crippen molar-refractivity contribution in [1.29, 1.82) is 0 Å². The number of ether oxygens (including phenoxy) is 1. The predicted octanol–water partition coefficient (Wildman–Crippen LogP) is 6.12. The Bertz CT molecular complexity index is 1290. The molecule has 2 amide bonds. The smallest absolute Gasteiger partial charge is 0.413 e. The van der Waals surface area contributed by atoms with E-state index in [4.69, 9.17) is 27.9 Å². The highest BCUT2D eigenvalue weighted by Gasteiger charge is 2.28. The van der Waals surface area contributed by atoms with E-state index in [1.165, 1.54) is 6.33 Å². The number of rotatable bonds is 5. The highest BCUT2D eigenvalue weighted by Crippen LogP contribution is 2.36. The van der Waals surface area contributed by atoms with Crippen LogP contribution in [0.4, 0.5) is 10.6 Å². The van der Waals surface area contributed by atoms with Crippen LogP contribution in [-0.2, 0) is 11.2 Å². The largest absolute Gasteiger partial charge is 0.444 e. The molecule has 1 aromatic carbocycles. The van der Waals surface area contributed by atoms with Gasteiger partial charge in [-0.15, -0.1) is 0 Å². The number of likely N-dealkylation sites (tertiary alicyclic amines) is 1. The van der Waals surface area contributed by atoms with Crippen molar-refractivity contribution in [3.8, 4) is 5.82 Å². The average molecular weight is 518 g/mol. The fourth-order valence-electron chi connectivity index (χ4n) is 4.05. The van der Waals surface area contributed by atoms with Crippen molar-refractivity contribution in [2.75, 3.05) is 18.4 Å². The van der Waals surface area contributed by atoms with E-state index in [1.54, 1.807) is 31.4 Å². The number of carbonyl (C=O) groups excluding carboxylic acids is 2. The first-order chi connectivity index (χ1) is 16.5. The average Bonchev–Trinajstić information content (AvgIpc) is 3.09. The second-order valence-electron chi connectivity index (χ2n) is 10.1. The van der Waals surface area contributed by atoms with E-state index in [-0.39, 0.29) is 16.7 Å². The molecular formula is C25H29Cl2N5O3. The summed E-state index contributed by atoms with van der Waals surface area (Å²) in [5, 5.41) is 4.03. The van der Waals surface area contributed by atoms with E-state index < -0.39 is 11.7 Å². The Morgan fingerprint density at radius 2 is 1.91 bits per heavy atom. The molecule has 0 radical (unpaired) electrons. The summed E-state index contributed by atoms with van der Waals surface area (Å²) >= 11 is 13.3. The Kier molecular flexibility index (Phi) is 6.97. The molecule has 186 valence electrons. The minimum atomic E-state index is -0.669. The molecule has 0 atom stereocenters. The molecule has 0 unspecified atom stereocenters. The summed E-state index contributed by atoms with van der Waals surface area (Å²) in [4.78, 5) is 35.7. The van der Waals surface area contributed by atoms with Gasteiger partial charge in [0.25, 0.3) is 5.91 Å². The zero-order chi connectivity index (χ0) is 25.5. The maximum atomic E-state index is 13.2. The summed E-state index contributed by atoms with van der Waals surface area (Å²) in [6.45, 7) is 11.0. The van der Waals surface area contributed by atoms with Crippen LogP contribution in [0, 0.1) is 5.92 Å². The second kappa shape index (κ2) is 9.66. The van der Waals surface area contributed by atoms with Gasteiger partial charge in [0.2, 0.25) is 0 Å². The monoisotopic (exact) mass is 517 g/mol. The van der Waals surface area contributed by atoms with Crippen molar-refractivity contribution in [3.05, 3.63) is 45.8 Å². The molecule has 4 rings (SSSR count). The first-order valence-electron chi connectivity index (χ1n) is 11.6. The van der Waals surface area contributed by atoms with Crippen molar-refractivity contribution in [1.82, 2.24) is 19.4 Å². The maximum absolute atomic E-state index is 13.2. The summed E-state index contributed by atoms with van der Waals surface area (Å²) in [5.41, 5.74) is 1.56. The van der Waals surface area contributed by atoms with Crippen LogP contribution in [-0.4, -0.2) is 50.1 Å². The summed E-state index contributed by atoms with van der Waals surface area (Å²) in [5.74, 6) is 0.785. The van der Waals surface area contributed by atoms with Gasteiger partial charge in [-0.25, -0.2) is 14.8 Å². The van der Waals surface area contributed by atoms with Crippen LogP contribution in [0.5, 0.6) is 0 Å². The number of hydrogen-bond donors (Lipinski definition) is 1. The Labute approximate surface area is 214 Å². The van der Waals surface area contributed by atoms with Gasteiger partial charge in [0.15, 0.2) is 11.6 Å². The van der Waals surface area contributed by atoms with Crippen molar-refractivity contribution < 1.29 is 14.3 Å². The lowest BCUT2D eigenvalue weighted by atomic mass is 9.93. The summed E-state index contributed by atoms with van der Waals surface area (Å²) in [7, 11) is 0. The molecule has 0 aliphatic carbocycles. The molecule has 1 saturated heterocycles. The molecule has 1 aliphatic rings. The van der Waals surface area contributed by atoms with Gasteiger partial charge in [0.05, 0.1) is 16.1 Å². The number of fused-ring (bicyclic) bond motifs is 1. The van der Waals surface area contributed by atoms with Crippen LogP contribution in [0.2, 0.25) is 10.0 Å². The topological polar surface area (TPSA) is 89.4 Å². The van der Waals surface area contributed by atoms with Crippen molar-refractivity contribution in [2.24, 2.45) is 5.92 Å². The third-order valence-electron chi connectivity index (χ3n) is 5.64. The van der Waals surface area contributed by atoms with Crippen LogP contribution in [0.25, 0.3) is 16.7 Å². The molecule has 0 saturated carbocycles. The number of carbonyl (C=O) groups is 2. The van der Waals surface area contributed by atoms with Crippen LogP contribution >= 0.6 is 23.2 Å². The predicted molar refractivity (Wildman–Crippen MR) is 138 cm³/mol. The third-order valence-corrected chi connectivity index (χ3v) is 6.29. The molecule has 1 fully saturated rings. The number of halogens is 2. The lowest BCUT2D eigenvalue weighted by molar-refractivity contribution is 0.0631. The lowest BCUT2D eigenvalue weighted by Gasteiger charge is -2.32. The fraction of sp³-hybridized carbons (Fsp3) is 0.440. The number of amides is 2. The molecule has 8 nitrogen and oxygen atoms in total. The van der Waals surface area contributed by atoms with Crippen LogP contribution in [0.1, 0.15) is 57.0 Å². The molecular weight excluding hydrogens is 489 g/mol. The van der Waals surface area contributed by atoms with Crippen molar-refractivity contribution >= 4 is 51.9 Å². The number of nitrogens with zero attached hydrogens (tertiary/aromatic N) is 4. The van der Waals surface area contributed by atoms with Gasteiger partial charge in [-0.3, -0.25) is 14.7 Å². The molecule has 10 heteroatoms. The quantitative estimate of drug-likeness (QED) is 0.440. The Hall–Kier alpha value is -2.84. The van der Waals surface area contributed by atoms with Gasteiger partial charge < -0.3 is 9.64 Å². The Morgan fingerprint density at radius 3 is 2.51 bits per heavy atom. The first kappa shape index (κ1) is 25.3. The van der Waals surface area contributed by atoms with Crippen LogP contribution in [0.15, 0.2) is 24.7 Å². The van der Waals surface area contributed by atoms with Crippen molar-refractivity contribution in [2.45, 2.75) is 53.1 Å². The molecule has 1 N–H and O–H groups in total. The summed E-state index contributed by atoms with van der Waals surface area (Å²) < 4.78 is 7.09. The van der Waals surface area contributed by atoms with E-state index >= 15 is 0 Å². The van der Waals surface area contributed by atoms with Gasteiger partial charge in [0, 0.05) is 24.7 Å². The number of hydrogen-bond acceptors (Lipinski definition) is 5. The highest BCUT2D eigenvalue weighted by molar-refractivity contribution is 6.36. The van der Waals surface area contributed by atoms with Gasteiger partial charge in [-0.1, -0.05) is 37.0 Å². The lowest BCUT2D eigenvalue weighted by Crippen LogP contribution is -2.42. The van der Waals surface area contributed by atoms with Crippen LogP contribution < -0.4 is 5.32 Å². The zero-order valence-corrected chi connectivity index (χ0v) is 22.0. The minimum absolute atomic E-state index is 0.0320. The minimum Gasteiger partial charge on any atom is -0.444 e. The standard InChI is InChI=1S/C25H29Cl2N5O3/c1-14(2)11-16-15-7-10-32(18(15)12-17(26)19(16)23(33)31-8-6-9-31)22-20(27)21(28-13-29-22)30-24(34)35-25(3,4)5/h7,10,12-14H,6,8-9,11H2,1-5H3,(H,28,29,30,34). The molecule has 3 aromatic rings. The number of anilines is 1. The van der Waals surface area contributed by atoms with E-state index in [2.05, 4.69) is 29.1 Å². The Balaban J connectivity index is 1.79. The zero-order valence-electron chi connectivity index (χ0n) is 20.5. The molecule has 1 aliphatic heterocycles. The van der Waals surface area contributed by atoms with Crippen LogP contribution in [0.3, 0.4) is 0 Å². The van der Waals surface area contributed by atoms with Gasteiger partial charge >= 0.3 is 6.09 Å². The normalized spacial score (nSPS) is 13.8. The maximum Gasteiger partial charge on any atom is 0.413 e. The van der Waals surface area contributed by atoms with E-state index in [9.17, 15) is 9.59 Å². The first-order valence-corrected chi connectivity index (χ1v) is 12.3. The number of nitrogens with one attached hydrogen (secondary N) is 1. The molecule has 3 heterocycles. The van der Waals surface area contributed by atoms with Crippen molar-refractivity contribution in [3.63, 3.8) is 0 Å². The summed E-state index contributed by atoms with van der Waals surface area (Å²) in [6.07, 6.45) is 4.18.